The first-order valence-corrected chi connectivity index (χ1v) is 7.80. The van der Waals surface area contributed by atoms with Crippen molar-refractivity contribution >= 4 is 23.2 Å². The lowest BCUT2D eigenvalue weighted by molar-refractivity contribution is -0.121. The van der Waals surface area contributed by atoms with E-state index in [-0.39, 0.29) is 11.8 Å². The zero-order chi connectivity index (χ0) is 16.2. The summed E-state index contributed by atoms with van der Waals surface area (Å²) >= 11 is 5.83. The van der Waals surface area contributed by atoms with E-state index in [2.05, 4.69) is 16.0 Å². The second-order valence-electron chi connectivity index (χ2n) is 5.46. The molecule has 0 spiro atoms. The van der Waals surface area contributed by atoms with E-state index < -0.39 is 12.4 Å². The summed E-state index contributed by atoms with van der Waals surface area (Å²) in [7, 11) is 0. The number of aliphatic hydroxyl groups is 1. The molecule has 1 amide bonds. The maximum atomic E-state index is 12.1. The minimum atomic E-state index is -1.05. The van der Waals surface area contributed by atoms with Crippen LogP contribution in [0.15, 0.2) is 54.6 Å². The molecule has 0 radical (unpaired) electrons. The normalized spacial score (nSPS) is 21.7. The molecule has 3 rings (SSSR count). The summed E-state index contributed by atoms with van der Waals surface area (Å²) in [6, 6.07) is 16.3. The number of hydrogen-bond acceptors (Lipinski definition) is 4. The average Bonchev–Trinajstić information content (AvgIpc) is 2.91. The molecule has 1 unspecified atom stereocenters. The molecule has 0 aromatic heterocycles. The van der Waals surface area contributed by atoms with Gasteiger partial charge in [-0.2, -0.15) is 0 Å². The number of aliphatic hydroxyl groups excluding tert-OH is 1. The standard InChI is InChI=1S/C17H18ClN3O2/c18-12-6-8-13(9-7-12)20-17(23)21-15-14(10-19-16(15)22)11-4-2-1-3-5-11/h1-9,14-15,17,20-21,23H,10H2,(H,19,22)/t14-,15-,17?/m1/s1. The molecule has 2 aromatic rings. The highest BCUT2D eigenvalue weighted by Crippen LogP contribution is 2.24. The van der Waals surface area contributed by atoms with E-state index in [0.29, 0.717) is 17.3 Å². The summed E-state index contributed by atoms with van der Waals surface area (Å²) in [6.45, 7) is 0.550. The molecule has 1 aliphatic heterocycles. The molecule has 1 aliphatic rings. The van der Waals surface area contributed by atoms with Crippen LogP contribution < -0.4 is 16.0 Å². The third-order valence-electron chi connectivity index (χ3n) is 3.89. The predicted octanol–water partition coefficient (Wildman–Crippen LogP) is 1.90. The molecule has 120 valence electrons. The van der Waals surface area contributed by atoms with Crippen LogP contribution in [0.3, 0.4) is 0 Å². The zero-order valence-corrected chi connectivity index (χ0v) is 13.1. The highest BCUT2D eigenvalue weighted by Gasteiger charge is 2.36. The summed E-state index contributed by atoms with van der Waals surface area (Å²) < 4.78 is 0. The smallest absolute Gasteiger partial charge is 0.237 e. The van der Waals surface area contributed by atoms with Crippen molar-refractivity contribution in [2.45, 2.75) is 18.3 Å². The number of carbonyl (C=O) groups excluding carboxylic acids is 1. The van der Waals surface area contributed by atoms with E-state index in [0.717, 1.165) is 5.56 Å². The molecule has 0 bridgehead atoms. The molecule has 2 aromatic carbocycles. The number of amides is 1. The van der Waals surface area contributed by atoms with Gasteiger partial charge >= 0.3 is 0 Å². The number of anilines is 1. The molecular formula is C17H18ClN3O2. The van der Waals surface area contributed by atoms with E-state index in [4.69, 9.17) is 11.6 Å². The quantitative estimate of drug-likeness (QED) is 0.631. The first-order chi connectivity index (χ1) is 11.1. The van der Waals surface area contributed by atoms with Crippen molar-refractivity contribution in [3.8, 4) is 0 Å². The Labute approximate surface area is 139 Å². The van der Waals surface area contributed by atoms with Crippen LogP contribution in [0.25, 0.3) is 0 Å². The summed E-state index contributed by atoms with van der Waals surface area (Å²) in [6.07, 6.45) is -1.05. The van der Waals surface area contributed by atoms with Crippen molar-refractivity contribution in [3.63, 3.8) is 0 Å². The number of benzene rings is 2. The monoisotopic (exact) mass is 331 g/mol. The summed E-state index contributed by atoms with van der Waals surface area (Å²) in [5, 5.41) is 19.5. The van der Waals surface area contributed by atoms with Crippen LogP contribution in [0.2, 0.25) is 5.02 Å². The van der Waals surface area contributed by atoms with E-state index in [9.17, 15) is 9.90 Å². The Balaban J connectivity index is 1.67. The molecule has 6 heteroatoms. The summed E-state index contributed by atoms with van der Waals surface area (Å²) in [5.41, 5.74) is 1.77. The zero-order valence-electron chi connectivity index (χ0n) is 12.4. The van der Waals surface area contributed by atoms with Crippen LogP contribution in [0.4, 0.5) is 5.69 Å². The highest BCUT2D eigenvalue weighted by atomic mass is 35.5. The molecule has 0 aliphatic carbocycles. The van der Waals surface area contributed by atoms with E-state index in [1.807, 2.05) is 30.3 Å². The molecule has 1 saturated heterocycles. The van der Waals surface area contributed by atoms with Crippen molar-refractivity contribution in [1.29, 1.82) is 0 Å². The van der Waals surface area contributed by atoms with Gasteiger partial charge in [0.2, 0.25) is 5.91 Å². The lowest BCUT2D eigenvalue weighted by Crippen LogP contribution is -2.48. The lowest BCUT2D eigenvalue weighted by Gasteiger charge is -2.23. The molecule has 23 heavy (non-hydrogen) atoms. The first-order valence-electron chi connectivity index (χ1n) is 7.42. The van der Waals surface area contributed by atoms with Crippen LogP contribution in [-0.4, -0.2) is 30.0 Å². The second-order valence-corrected chi connectivity index (χ2v) is 5.90. The fraction of sp³-hybridized carbons (Fsp3) is 0.235. The lowest BCUT2D eigenvalue weighted by atomic mass is 9.94. The largest absolute Gasteiger partial charge is 0.361 e. The van der Waals surface area contributed by atoms with Gasteiger partial charge in [0, 0.05) is 23.2 Å². The summed E-state index contributed by atoms with van der Waals surface area (Å²) in [5.74, 6) is -0.138. The van der Waals surface area contributed by atoms with Crippen molar-refractivity contribution in [2.75, 3.05) is 11.9 Å². The minimum absolute atomic E-state index is 0.0228. The number of nitrogens with one attached hydrogen (secondary N) is 3. The Kier molecular flexibility index (Phi) is 4.81. The van der Waals surface area contributed by atoms with Crippen LogP contribution in [0, 0.1) is 0 Å². The van der Waals surface area contributed by atoms with E-state index >= 15 is 0 Å². The number of carbonyl (C=O) groups is 1. The van der Waals surface area contributed by atoms with Crippen LogP contribution in [-0.2, 0) is 4.79 Å². The SMILES string of the molecule is O=C1NC[C@H](c2ccccc2)[C@H]1NC(O)Nc1ccc(Cl)cc1. The third kappa shape index (κ3) is 3.82. The molecule has 5 nitrogen and oxygen atoms in total. The van der Waals surface area contributed by atoms with Crippen LogP contribution >= 0.6 is 11.6 Å². The Bertz CT molecular complexity index is 663. The minimum Gasteiger partial charge on any atom is -0.361 e. The topological polar surface area (TPSA) is 73.4 Å². The number of halogens is 1. The first kappa shape index (κ1) is 15.8. The van der Waals surface area contributed by atoms with Crippen LogP contribution in [0.5, 0.6) is 0 Å². The predicted molar refractivity (Wildman–Crippen MR) is 90.2 cm³/mol. The number of hydrogen-bond donors (Lipinski definition) is 4. The van der Waals surface area contributed by atoms with Gasteiger partial charge in [-0.15, -0.1) is 0 Å². The van der Waals surface area contributed by atoms with E-state index in [1.54, 1.807) is 24.3 Å². The van der Waals surface area contributed by atoms with Gasteiger partial charge in [-0.3, -0.25) is 10.1 Å². The maximum Gasteiger partial charge on any atom is 0.237 e. The average molecular weight is 332 g/mol. The molecule has 1 fully saturated rings. The van der Waals surface area contributed by atoms with Gasteiger partial charge in [0.25, 0.3) is 0 Å². The van der Waals surface area contributed by atoms with Crippen molar-refractivity contribution in [3.05, 3.63) is 65.2 Å². The molecular weight excluding hydrogens is 314 g/mol. The van der Waals surface area contributed by atoms with Gasteiger partial charge in [0.15, 0.2) is 6.35 Å². The Morgan fingerprint density at radius 1 is 1.13 bits per heavy atom. The van der Waals surface area contributed by atoms with Gasteiger partial charge < -0.3 is 15.7 Å². The highest BCUT2D eigenvalue weighted by molar-refractivity contribution is 6.30. The second kappa shape index (κ2) is 7.00. The Hall–Kier alpha value is -2.08. The third-order valence-corrected chi connectivity index (χ3v) is 4.15. The van der Waals surface area contributed by atoms with Gasteiger partial charge in [-0.05, 0) is 29.8 Å². The van der Waals surface area contributed by atoms with Gasteiger partial charge in [0.1, 0.15) is 0 Å². The van der Waals surface area contributed by atoms with Crippen molar-refractivity contribution < 1.29 is 9.90 Å². The molecule has 4 N–H and O–H groups in total. The molecule has 3 atom stereocenters. The van der Waals surface area contributed by atoms with Crippen LogP contribution in [0.1, 0.15) is 11.5 Å². The van der Waals surface area contributed by atoms with Gasteiger partial charge in [0.05, 0.1) is 6.04 Å². The fourth-order valence-corrected chi connectivity index (χ4v) is 2.87. The Morgan fingerprint density at radius 3 is 2.52 bits per heavy atom. The van der Waals surface area contributed by atoms with Crippen molar-refractivity contribution in [2.24, 2.45) is 0 Å². The maximum absolute atomic E-state index is 12.1. The van der Waals surface area contributed by atoms with Crippen molar-refractivity contribution in [1.82, 2.24) is 10.6 Å². The molecule has 1 heterocycles. The number of rotatable bonds is 5. The summed E-state index contributed by atoms with van der Waals surface area (Å²) in [4.78, 5) is 12.1. The van der Waals surface area contributed by atoms with Gasteiger partial charge in [-0.25, -0.2) is 0 Å². The molecule has 0 saturated carbocycles. The van der Waals surface area contributed by atoms with Gasteiger partial charge in [-0.1, -0.05) is 41.9 Å². The Morgan fingerprint density at radius 2 is 1.83 bits per heavy atom. The fourth-order valence-electron chi connectivity index (χ4n) is 2.74. The van der Waals surface area contributed by atoms with E-state index in [1.165, 1.54) is 0 Å².